The summed E-state index contributed by atoms with van der Waals surface area (Å²) in [5.41, 5.74) is 0. The summed E-state index contributed by atoms with van der Waals surface area (Å²) in [5, 5.41) is 48.8. The molecular formula is C30H45O15V-5. The third-order valence-corrected chi connectivity index (χ3v) is 4.35. The van der Waals surface area contributed by atoms with E-state index in [1.165, 1.54) is 0 Å². The minimum absolute atomic E-state index is 0. The number of carbonyl (C=O) groups excluding carboxylic acids is 10. The van der Waals surface area contributed by atoms with E-state index in [0.717, 1.165) is 0 Å². The van der Waals surface area contributed by atoms with Crippen molar-refractivity contribution >= 4 is 58.8 Å². The molecule has 0 amide bonds. The van der Waals surface area contributed by atoms with Crippen LogP contribution >= 0.6 is 0 Å². The average Bonchev–Trinajstić information content (AvgIpc) is 2.84. The SMILES string of the molecule is CCCC(=O)CC(=O)[O-].CCCC(=O)CC(=O)[O-].CCCC(=O)CC(=O)[O-].CCCC(=O)CC(=O)[O-].CCCC(=O)CC(=O)[O-].[V]. The summed E-state index contributed by atoms with van der Waals surface area (Å²) in [6.07, 6.45) is 3.03. The number of aliphatic carboxylic acids is 5. The van der Waals surface area contributed by atoms with Gasteiger partial charge in [-0.25, -0.2) is 0 Å². The van der Waals surface area contributed by atoms with Crippen LogP contribution in [0.5, 0.6) is 0 Å². The smallest absolute Gasteiger partial charge is 0.138 e. The molecule has 0 atom stereocenters. The molecule has 0 unspecified atom stereocenters. The van der Waals surface area contributed by atoms with Crippen LogP contribution in [0.2, 0.25) is 0 Å². The van der Waals surface area contributed by atoms with Gasteiger partial charge in [-0.15, -0.1) is 0 Å². The molecule has 0 heterocycles. The maximum Gasteiger partial charge on any atom is 0.138 e. The van der Waals surface area contributed by atoms with Crippen molar-refractivity contribution in [3.63, 3.8) is 0 Å². The van der Waals surface area contributed by atoms with Crippen molar-refractivity contribution in [3.05, 3.63) is 0 Å². The molecule has 0 aliphatic rings. The van der Waals surface area contributed by atoms with Crippen LogP contribution in [-0.2, 0) is 66.5 Å². The Bertz CT molecular complexity index is 768. The molecule has 0 aromatic rings. The Kier molecular flexibility index (Phi) is 46.8. The van der Waals surface area contributed by atoms with E-state index in [4.69, 9.17) is 0 Å². The fourth-order valence-corrected chi connectivity index (χ4v) is 2.64. The van der Waals surface area contributed by atoms with Crippen molar-refractivity contribution in [1.82, 2.24) is 0 Å². The number of carboxylic acid groups (broad SMARTS) is 5. The van der Waals surface area contributed by atoms with Crippen LogP contribution < -0.4 is 25.5 Å². The fraction of sp³-hybridized carbons (Fsp3) is 0.667. The average molecular weight is 697 g/mol. The van der Waals surface area contributed by atoms with Gasteiger partial charge in [0.05, 0.1) is 0 Å². The second-order valence-electron chi connectivity index (χ2n) is 9.19. The Balaban J connectivity index is -0.000000108. The van der Waals surface area contributed by atoms with Gasteiger partial charge < -0.3 is 49.5 Å². The van der Waals surface area contributed by atoms with Crippen molar-refractivity contribution in [2.24, 2.45) is 0 Å². The predicted octanol–water partition coefficient (Wildman–Crippen LogP) is -2.52. The van der Waals surface area contributed by atoms with Crippen LogP contribution in [0.15, 0.2) is 0 Å². The molecule has 0 N–H and O–H groups in total. The maximum absolute atomic E-state index is 10.4. The number of hydrogen-bond acceptors (Lipinski definition) is 15. The quantitative estimate of drug-likeness (QED) is 0.119. The van der Waals surface area contributed by atoms with Crippen LogP contribution in [0.4, 0.5) is 0 Å². The molecule has 15 nitrogen and oxygen atoms in total. The zero-order chi connectivity index (χ0) is 36.4. The minimum Gasteiger partial charge on any atom is -0.550 e. The molecule has 0 fully saturated rings. The molecule has 0 aromatic carbocycles. The number of carboxylic acids is 5. The second-order valence-corrected chi connectivity index (χ2v) is 9.19. The molecule has 0 saturated heterocycles. The van der Waals surface area contributed by atoms with Crippen LogP contribution in [-0.4, -0.2) is 58.8 Å². The largest absolute Gasteiger partial charge is 0.550 e. The summed E-state index contributed by atoms with van der Waals surface area (Å²) in [5.74, 6) is -7.68. The van der Waals surface area contributed by atoms with Gasteiger partial charge in [0, 0.05) is 113 Å². The van der Waals surface area contributed by atoms with Gasteiger partial charge in [0.2, 0.25) is 0 Å². The van der Waals surface area contributed by atoms with Crippen LogP contribution in [0.3, 0.4) is 0 Å². The molecule has 0 aliphatic heterocycles. The predicted molar refractivity (Wildman–Crippen MR) is 148 cm³/mol. The summed E-state index contributed by atoms with van der Waals surface area (Å²) in [6.45, 7) is 9.13. The number of rotatable bonds is 20. The summed E-state index contributed by atoms with van der Waals surface area (Å²) in [4.78, 5) is 101. The number of ketones is 5. The first-order chi connectivity index (χ1) is 20.8. The number of Topliss-reactive ketones (excluding diaryl/α,β-unsaturated/α-hetero) is 5. The van der Waals surface area contributed by atoms with Crippen LogP contribution in [0.25, 0.3) is 0 Å². The number of hydrogen-bond donors (Lipinski definition) is 0. The Hall–Kier alpha value is -3.72. The van der Waals surface area contributed by atoms with E-state index in [1.807, 2.05) is 34.6 Å². The molecule has 265 valence electrons. The Morgan fingerprint density at radius 3 is 0.478 bits per heavy atom. The molecule has 46 heavy (non-hydrogen) atoms. The van der Waals surface area contributed by atoms with Crippen molar-refractivity contribution in [2.45, 2.75) is 131 Å². The molecule has 0 rings (SSSR count). The van der Waals surface area contributed by atoms with Crippen molar-refractivity contribution in [1.29, 1.82) is 0 Å². The normalized spacial score (nSPS) is 8.80. The van der Waals surface area contributed by atoms with Gasteiger partial charge in [0.15, 0.2) is 0 Å². The van der Waals surface area contributed by atoms with E-state index in [2.05, 4.69) is 0 Å². The van der Waals surface area contributed by atoms with Crippen LogP contribution in [0, 0.1) is 0 Å². The first kappa shape index (κ1) is 54.7. The molecule has 0 bridgehead atoms. The molecule has 0 saturated carbocycles. The Labute approximate surface area is 281 Å². The minimum atomic E-state index is -1.28. The molecular weight excluding hydrogens is 651 g/mol. The molecule has 1 radical (unpaired) electrons. The van der Waals surface area contributed by atoms with E-state index < -0.39 is 62.0 Å². The Morgan fingerprint density at radius 1 is 0.304 bits per heavy atom. The summed E-state index contributed by atoms with van der Waals surface area (Å²) in [7, 11) is 0. The van der Waals surface area contributed by atoms with Crippen LogP contribution in [0.1, 0.15) is 131 Å². The van der Waals surface area contributed by atoms with E-state index in [1.54, 1.807) is 0 Å². The van der Waals surface area contributed by atoms with Gasteiger partial charge >= 0.3 is 0 Å². The summed E-state index contributed by atoms with van der Waals surface area (Å²) < 4.78 is 0. The third kappa shape index (κ3) is 63.5. The molecule has 0 aromatic heterocycles. The number of carbonyl (C=O) groups is 10. The van der Waals surface area contributed by atoms with E-state index in [9.17, 15) is 73.5 Å². The second kappa shape index (κ2) is 39.3. The Morgan fingerprint density at radius 2 is 0.413 bits per heavy atom. The van der Waals surface area contributed by atoms with Gasteiger partial charge in [-0.3, -0.25) is 24.0 Å². The zero-order valence-electron chi connectivity index (χ0n) is 27.2. The van der Waals surface area contributed by atoms with E-state index in [0.29, 0.717) is 64.2 Å². The van der Waals surface area contributed by atoms with Crippen molar-refractivity contribution in [3.8, 4) is 0 Å². The maximum atomic E-state index is 10.4. The molecule has 0 spiro atoms. The zero-order valence-corrected chi connectivity index (χ0v) is 28.6. The van der Waals surface area contributed by atoms with Crippen molar-refractivity contribution < 1.29 is 92.0 Å². The first-order valence-electron chi connectivity index (χ1n) is 14.4. The van der Waals surface area contributed by atoms with E-state index >= 15 is 0 Å². The van der Waals surface area contributed by atoms with Gasteiger partial charge in [0.1, 0.15) is 28.9 Å². The van der Waals surface area contributed by atoms with Gasteiger partial charge in [-0.1, -0.05) is 34.6 Å². The standard InChI is InChI=1S/5C6H10O3.V/c5*1-2-3-5(7)4-6(8)9;/h5*2-4H2,1H3,(H,8,9);/p-5. The van der Waals surface area contributed by atoms with Gasteiger partial charge in [-0.05, 0) is 32.1 Å². The van der Waals surface area contributed by atoms with Crippen molar-refractivity contribution in [2.75, 3.05) is 0 Å². The van der Waals surface area contributed by atoms with E-state index in [-0.39, 0.29) is 47.5 Å². The summed E-state index contributed by atoms with van der Waals surface area (Å²) in [6, 6.07) is 0. The first-order valence-corrected chi connectivity index (χ1v) is 14.4. The monoisotopic (exact) mass is 696 g/mol. The van der Waals surface area contributed by atoms with Gasteiger partial charge in [-0.2, -0.15) is 0 Å². The third-order valence-electron chi connectivity index (χ3n) is 4.35. The fourth-order valence-electron chi connectivity index (χ4n) is 2.64. The molecule has 0 aliphatic carbocycles. The van der Waals surface area contributed by atoms with Gasteiger partial charge in [0.25, 0.3) is 0 Å². The topological polar surface area (TPSA) is 286 Å². The molecule has 16 heteroatoms. The summed E-state index contributed by atoms with van der Waals surface area (Å²) >= 11 is 0.